The summed E-state index contributed by atoms with van der Waals surface area (Å²) in [4.78, 5) is 4.06. The Morgan fingerprint density at radius 1 is 1.21 bits per heavy atom. The normalized spacial score (nSPS) is 16.9. The predicted molar refractivity (Wildman–Crippen MR) is 78.7 cm³/mol. The smallest absolute Gasteiger partial charge is 0.0621 e. The molecule has 2 aromatic rings. The van der Waals surface area contributed by atoms with Gasteiger partial charge in [-0.3, -0.25) is 4.98 Å². The van der Waals surface area contributed by atoms with Crippen LogP contribution < -0.4 is 5.32 Å². The SMILES string of the molecule is Cc1ccc(C2(Cc3ccncc3Cl)CNC2)cc1. The molecule has 0 atom stereocenters. The molecule has 0 saturated carbocycles. The average Bonchev–Trinajstić information content (AvgIpc) is 2.37. The Morgan fingerprint density at radius 3 is 2.53 bits per heavy atom. The summed E-state index contributed by atoms with van der Waals surface area (Å²) in [5.41, 5.74) is 4.05. The summed E-state index contributed by atoms with van der Waals surface area (Å²) in [7, 11) is 0. The minimum atomic E-state index is 0.179. The largest absolute Gasteiger partial charge is 0.315 e. The molecule has 98 valence electrons. The average molecular weight is 273 g/mol. The second kappa shape index (κ2) is 4.95. The summed E-state index contributed by atoms with van der Waals surface area (Å²) >= 11 is 6.24. The lowest BCUT2D eigenvalue weighted by Gasteiger charge is -2.43. The molecule has 0 radical (unpaired) electrons. The molecule has 1 aromatic carbocycles. The lowest BCUT2D eigenvalue weighted by atomic mass is 9.71. The number of nitrogens with one attached hydrogen (secondary N) is 1. The Kier molecular flexibility index (Phi) is 3.29. The Hall–Kier alpha value is -1.38. The Morgan fingerprint density at radius 2 is 1.95 bits per heavy atom. The molecule has 0 aliphatic carbocycles. The van der Waals surface area contributed by atoms with Gasteiger partial charge in [0, 0.05) is 30.9 Å². The first-order valence-electron chi connectivity index (χ1n) is 6.56. The molecule has 0 bridgehead atoms. The van der Waals surface area contributed by atoms with E-state index in [2.05, 4.69) is 41.5 Å². The first-order valence-corrected chi connectivity index (χ1v) is 6.94. The van der Waals surface area contributed by atoms with Crippen LogP contribution in [0.2, 0.25) is 5.02 Å². The minimum Gasteiger partial charge on any atom is -0.315 e. The molecule has 0 unspecified atom stereocenters. The van der Waals surface area contributed by atoms with E-state index in [1.165, 1.54) is 16.7 Å². The first-order chi connectivity index (χ1) is 9.20. The van der Waals surface area contributed by atoms with Gasteiger partial charge in [-0.15, -0.1) is 0 Å². The standard InChI is InChI=1S/C16H17ClN2/c1-12-2-4-14(5-3-12)16(10-19-11-16)8-13-6-7-18-9-15(13)17/h2-7,9,19H,8,10-11H2,1H3. The van der Waals surface area contributed by atoms with Gasteiger partial charge in [0.15, 0.2) is 0 Å². The molecule has 3 heteroatoms. The van der Waals surface area contributed by atoms with Crippen LogP contribution in [0.4, 0.5) is 0 Å². The summed E-state index contributed by atoms with van der Waals surface area (Å²) in [6.45, 7) is 4.14. The van der Waals surface area contributed by atoms with Crippen molar-refractivity contribution in [2.45, 2.75) is 18.8 Å². The van der Waals surface area contributed by atoms with E-state index in [0.29, 0.717) is 0 Å². The zero-order valence-corrected chi connectivity index (χ0v) is 11.7. The second-order valence-electron chi connectivity index (χ2n) is 5.39. The zero-order valence-electron chi connectivity index (χ0n) is 11.0. The maximum absolute atomic E-state index is 6.24. The fraction of sp³-hybridized carbons (Fsp3) is 0.312. The number of aromatic nitrogens is 1. The van der Waals surface area contributed by atoms with Gasteiger partial charge in [-0.1, -0.05) is 41.4 Å². The third kappa shape index (κ3) is 2.38. The van der Waals surface area contributed by atoms with Crippen molar-refractivity contribution in [3.63, 3.8) is 0 Å². The van der Waals surface area contributed by atoms with Crippen molar-refractivity contribution in [1.82, 2.24) is 10.3 Å². The van der Waals surface area contributed by atoms with E-state index in [4.69, 9.17) is 11.6 Å². The fourth-order valence-corrected chi connectivity index (χ4v) is 2.86. The minimum absolute atomic E-state index is 0.179. The number of nitrogens with zero attached hydrogens (tertiary/aromatic N) is 1. The maximum Gasteiger partial charge on any atom is 0.0621 e. The molecule has 1 aromatic heterocycles. The maximum atomic E-state index is 6.24. The van der Waals surface area contributed by atoms with Gasteiger partial charge < -0.3 is 5.32 Å². The number of rotatable bonds is 3. The van der Waals surface area contributed by atoms with E-state index < -0.39 is 0 Å². The number of hydrogen-bond donors (Lipinski definition) is 1. The van der Waals surface area contributed by atoms with Gasteiger partial charge >= 0.3 is 0 Å². The van der Waals surface area contributed by atoms with Crippen LogP contribution in [0, 0.1) is 6.92 Å². The van der Waals surface area contributed by atoms with E-state index in [9.17, 15) is 0 Å². The van der Waals surface area contributed by atoms with Crippen molar-refractivity contribution < 1.29 is 0 Å². The van der Waals surface area contributed by atoms with E-state index >= 15 is 0 Å². The van der Waals surface area contributed by atoms with Gasteiger partial charge in [-0.2, -0.15) is 0 Å². The quantitative estimate of drug-likeness (QED) is 0.929. The fourth-order valence-electron chi connectivity index (χ4n) is 2.68. The van der Waals surface area contributed by atoms with Gasteiger partial charge in [0.2, 0.25) is 0 Å². The molecule has 19 heavy (non-hydrogen) atoms. The number of halogens is 1. The highest BCUT2D eigenvalue weighted by atomic mass is 35.5. The summed E-state index contributed by atoms with van der Waals surface area (Å²) in [5, 5.41) is 4.16. The molecular formula is C16H17ClN2. The molecule has 1 saturated heterocycles. The van der Waals surface area contributed by atoms with Crippen LogP contribution >= 0.6 is 11.6 Å². The third-order valence-corrected chi connectivity index (χ3v) is 4.32. The van der Waals surface area contributed by atoms with E-state index in [1.54, 1.807) is 6.20 Å². The first kappa shape index (κ1) is 12.6. The number of benzene rings is 1. The highest BCUT2D eigenvalue weighted by Gasteiger charge is 2.38. The van der Waals surface area contributed by atoms with Crippen LogP contribution in [-0.2, 0) is 11.8 Å². The van der Waals surface area contributed by atoms with Crippen LogP contribution in [-0.4, -0.2) is 18.1 Å². The molecule has 1 aliphatic heterocycles. The Labute approximate surface area is 118 Å². The van der Waals surface area contributed by atoms with Crippen molar-refractivity contribution in [2.75, 3.05) is 13.1 Å². The summed E-state index contributed by atoms with van der Waals surface area (Å²) in [6, 6.07) is 10.9. The van der Waals surface area contributed by atoms with Gasteiger partial charge in [0.05, 0.1) is 5.02 Å². The highest BCUT2D eigenvalue weighted by molar-refractivity contribution is 6.31. The van der Waals surface area contributed by atoms with Crippen LogP contribution in [0.25, 0.3) is 0 Å². The zero-order chi connectivity index (χ0) is 13.3. The van der Waals surface area contributed by atoms with Crippen LogP contribution in [0.15, 0.2) is 42.7 Å². The summed E-state index contributed by atoms with van der Waals surface area (Å²) in [5.74, 6) is 0. The topological polar surface area (TPSA) is 24.9 Å². The van der Waals surface area contributed by atoms with Crippen molar-refractivity contribution in [3.05, 3.63) is 64.4 Å². The monoisotopic (exact) mass is 272 g/mol. The lowest BCUT2D eigenvalue weighted by Crippen LogP contribution is -2.58. The molecule has 0 amide bonds. The van der Waals surface area contributed by atoms with Crippen molar-refractivity contribution in [1.29, 1.82) is 0 Å². The van der Waals surface area contributed by atoms with Crippen molar-refractivity contribution >= 4 is 11.6 Å². The van der Waals surface area contributed by atoms with Gasteiger partial charge in [-0.25, -0.2) is 0 Å². The van der Waals surface area contributed by atoms with Crippen molar-refractivity contribution in [2.24, 2.45) is 0 Å². The molecular weight excluding hydrogens is 256 g/mol. The van der Waals surface area contributed by atoms with Gasteiger partial charge in [0.1, 0.15) is 0 Å². The third-order valence-electron chi connectivity index (χ3n) is 3.98. The molecule has 2 nitrogen and oxygen atoms in total. The van der Waals surface area contributed by atoms with Gasteiger partial charge in [-0.05, 0) is 30.5 Å². The highest BCUT2D eigenvalue weighted by Crippen LogP contribution is 2.34. The summed E-state index contributed by atoms with van der Waals surface area (Å²) in [6.07, 6.45) is 4.51. The second-order valence-corrected chi connectivity index (χ2v) is 5.80. The van der Waals surface area contributed by atoms with E-state index in [-0.39, 0.29) is 5.41 Å². The van der Waals surface area contributed by atoms with Crippen LogP contribution in [0.1, 0.15) is 16.7 Å². The van der Waals surface area contributed by atoms with E-state index in [1.807, 2.05) is 12.3 Å². The predicted octanol–water partition coefficient (Wildman–Crippen LogP) is 3.13. The van der Waals surface area contributed by atoms with Crippen LogP contribution in [0.5, 0.6) is 0 Å². The lowest BCUT2D eigenvalue weighted by molar-refractivity contribution is 0.274. The van der Waals surface area contributed by atoms with Gasteiger partial charge in [0.25, 0.3) is 0 Å². The Balaban J connectivity index is 1.92. The van der Waals surface area contributed by atoms with Crippen molar-refractivity contribution in [3.8, 4) is 0 Å². The number of aryl methyl sites for hydroxylation is 1. The molecule has 1 fully saturated rings. The van der Waals surface area contributed by atoms with E-state index in [0.717, 1.165) is 24.5 Å². The summed E-state index contributed by atoms with van der Waals surface area (Å²) < 4.78 is 0. The molecule has 0 spiro atoms. The van der Waals surface area contributed by atoms with Crippen LogP contribution in [0.3, 0.4) is 0 Å². The molecule has 3 rings (SSSR count). The number of hydrogen-bond acceptors (Lipinski definition) is 2. The molecule has 2 heterocycles. The molecule has 1 aliphatic rings. The number of pyridine rings is 1. The Bertz CT molecular complexity index is 574. The molecule has 1 N–H and O–H groups in total.